The number of fused-ring (bicyclic) bond motifs is 1. The predicted molar refractivity (Wildman–Crippen MR) is 205 cm³/mol. The minimum Gasteiger partial charge on any atom is -0.506 e. The van der Waals surface area contributed by atoms with E-state index in [1.54, 1.807) is 0 Å². The van der Waals surface area contributed by atoms with Crippen molar-refractivity contribution in [3.8, 4) is 5.75 Å². The van der Waals surface area contributed by atoms with Crippen LogP contribution in [0.25, 0.3) is 10.8 Å². The SMILES string of the molecule is NC(=NCCCCc1ccc(OCCN(CCCc2cccc3ccccc23)C[C@H](O)/C(O)=C(\O)[C@H](O)CO)cc1)NC(=O)c1nc(Cl)c(N)nc1N. The van der Waals surface area contributed by atoms with Crippen LogP contribution in [0.15, 0.2) is 83.2 Å². The number of nitrogens with one attached hydrogen (secondary N) is 1. The van der Waals surface area contributed by atoms with Crippen LogP contribution in [-0.2, 0) is 12.8 Å². The van der Waals surface area contributed by atoms with Gasteiger partial charge in [-0.1, -0.05) is 66.2 Å². The van der Waals surface area contributed by atoms with Gasteiger partial charge in [-0.3, -0.25) is 20.0 Å². The van der Waals surface area contributed by atoms with Crippen LogP contribution >= 0.6 is 11.6 Å². The molecule has 0 saturated carbocycles. The van der Waals surface area contributed by atoms with E-state index in [1.807, 2.05) is 47.4 Å². The first-order valence-electron chi connectivity index (χ1n) is 17.2. The molecule has 1 amide bonds. The predicted octanol–water partition coefficient (Wildman–Crippen LogP) is 2.87. The number of nitrogen functional groups attached to an aromatic ring is 2. The third-order valence-corrected chi connectivity index (χ3v) is 8.69. The Bertz CT molecular complexity index is 1870. The van der Waals surface area contributed by atoms with Gasteiger partial charge < -0.3 is 47.5 Å². The van der Waals surface area contributed by atoms with E-state index in [0.29, 0.717) is 31.8 Å². The number of aromatic nitrogens is 2. The van der Waals surface area contributed by atoms with Crippen molar-refractivity contribution < 1.29 is 35.1 Å². The molecule has 4 aromatic rings. The van der Waals surface area contributed by atoms with Crippen molar-refractivity contribution in [2.45, 2.75) is 44.3 Å². The van der Waals surface area contributed by atoms with Crippen molar-refractivity contribution in [1.29, 1.82) is 0 Å². The molecule has 0 fully saturated rings. The highest BCUT2D eigenvalue weighted by Crippen LogP contribution is 2.21. The fraction of sp³-hybridized carbons (Fsp3) is 0.351. The maximum absolute atomic E-state index is 12.4. The van der Waals surface area contributed by atoms with Gasteiger partial charge in [0.1, 0.15) is 24.6 Å². The zero-order chi connectivity index (χ0) is 38.3. The lowest BCUT2D eigenvalue weighted by Gasteiger charge is -2.25. The molecule has 0 aliphatic rings. The fourth-order valence-corrected chi connectivity index (χ4v) is 5.69. The van der Waals surface area contributed by atoms with E-state index >= 15 is 0 Å². The van der Waals surface area contributed by atoms with E-state index in [1.165, 1.54) is 10.9 Å². The molecule has 4 rings (SSSR count). The largest absolute Gasteiger partial charge is 0.506 e. The highest BCUT2D eigenvalue weighted by molar-refractivity contribution is 6.31. The zero-order valence-electron chi connectivity index (χ0n) is 29.2. The Morgan fingerprint density at radius 1 is 0.887 bits per heavy atom. The second-order valence-electron chi connectivity index (χ2n) is 12.3. The third-order valence-electron chi connectivity index (χ3n) is 8.41. The van der Waals surface area contributed by atoms with Gasteiger partial charge in [0.05, 0.1) is 6.61 Å². The number of amides is 1. The molecule has 0 unspecified atom stereocenters. The number of nitrogens with zero attached hydrogens (tertiary/aromatic N) is 4. The number of aryl methyl sites for hydroxylation is 2. The summed E-state index contributed by atoms with van der Waals surface area (Å²) in [5.74, 6) is -2.04. The molecule has 0 aliphatic heterocycles. The first-order valence-corrected chi connectivity index (χ1v) is 17.5. The number of hydrogen-bond acceptors (Lipinski definition) is 13. The first kappa shape index (κ1) is 40.6. The van der Waals surface area contributed by atoms with Gasteiger partial charge in [-0.05, 0) is 72.7 Å². The number of aliphatic imine (C=N–C) groups is 1. The van der Waals surface area contributed by atoms with Crippen molar-refractivity contribution in [2.75, 3.05) is 50.9 Å². The summed E-state index contributed by atoms with van der Waals surface area (Å²) in [7, 11) is 0. The van der Waals surface area contributed by atoms with Crippen molar-refractivity contribution in [2.24, 2.45) is 10.7 Å². The number of hydrogen-bond donors (Lipinski definition) is 9. The number of guanidine groups is 1. The van der Waals surface area contributed by atoms with E-state index < -0.39 is 36.2 Å². The van der Waals surface area contributed by atoms with E-state index in [0.717, 1.165) is 36.6 Å². The number of benzene rings is 3. The number of carbonyl (C=O) groups excluding carboxylic acids is 1. The molecule has 1 aromatic heterocycles. The average Bonchev–Trinajstić information content (AvgIpc) is 3.15. The Labute approximate surface area is 312 Å². The molecule has 0 saturated heterocycles. The number of aliphatic hydroxyl groups excluding tert-OH is 5. The molecule has 53 heavy (non-hydrogen) atoms. The minimum atomic E-state index is -1.69. The summed E-state index contributed by atoms with van der Waals surface area (Å²) in [6.07, 6.45) is 0.677. The Hall–Kier alpha value is -5.19. The summed E-state index contributed by atoms with van der Waals surface area (Å²) in [5.41, 5.74) is 19.2. The highest BCUT2D eigenvalue weighted by Gasteiger charge is 2.23. The Morgan fingerprint density at radius 3 is 2.36 bits per heavy atom. The molecule has 15 nitrogen and oxygen atoms in total. The lowest BCUT2D eigenvalue weighted by Crippen LogP contribution is -2.38. The van der Waals surface area contributed by atoms with Crippen LogP contribution in [-0.4, -0.2) is 104 Å². The molecule has 284 valence electrons. The van der Waals surface area contributed by atoms with Gasteiger partial charge in [-0.25, -0.2) is 9.97 Å². The van der Waals surface area contributed by atoms with Crippen LogP contribution in [0.1, 0.15) is 40.9 Å². The van der Waals surface area contributed by atoms with E-state index in [4.69, 9.17) is 38.6 Å². The lowest BCUT2D eigenvalue weighted by atomic mass is 10.0. The minimum absolute atomic E-state index is 0.0330. The molecule has 0 spiro atoms. The first-order chi connectivity index (χ1) is 25.5. The molecule has 12 N–H and O–H groups in total. The Balaban J connectivity index is 1.24. The molecular weight excluding hydrogens is 704 g/mol. The fourth-order valence-electron chi connectivity index (χ4n) is 5.57. The van der Waals surface area contributed by atoms with Gasteiger partial charge in [0, 0.05) is 19.6 Å². The van der Waals surface area contributed by atoms with Crippen molar-refractivity contribution in [1.82, 2.24) is 20.2 Å². The van der Waals surface area contributed by atoms with Crippen LogP contribution in [0.4, 0.5) is 11.6 Å². The Kier molecular flexibility index (Phi) is 15.4. The number of nitrogens with two attached hydrogens (primary N) is 3. The van der Waals surface area contributed by atoms with Gasteiger partial charge >= 0.3 is 0 Å². The molecule has 16 heteroatoms. The average molecular weight is 751 g/mol. The van der Waals surface area contributed by atoms with Crippen LogP contribution in [0.3, 0.4) is 0 Å². The van der Waals surface area contributed by atoms with Gasteiger partial charge in [0.25, 0.3) is 5.91 Å². The molecule has 0 radical (unpaired) electrons. The summed E-state index contributed by atoms with van der Waals surface area (Å²) < 4.78 is 6.00. The molecule has 3 aromatic carbocycles. The zero-order valence-corrected chi connectivity index (χ0v) is 30.0. The second-order valence-corrected chi connectivity index (χ2v) is 12.7. The number of aliphatic hydroxyl groups is 5. The van der Waals surface area contributed by atoms with Crippen LogP contribution in [0.2, 0.25) is 5.15 Å². The standard InChI is InChI=1S/C37H47ClN8O7/c38-33-35(40)44-34(39)30(43-33)36(52)45-37(41)42-17-4-3-7-23-13-15-26(16-14-23)53-20-19-46(21-28(48)31(50)32(51)29(49)22-47)18-6-11-25-10-5-9-24-8-1-2-12-27(24)25/h1-2,5,8-10,12-16,28-29,47-51H,3-4,6-7,11,17-22H2,(H4,39,40,44)(H3,41,42,45,52)/b32-31+/t28-,29+/m0/s1. The lowest BCUT2D eigenvalue weighted by molar-refractivity contribution is 0.0544. The molecule has 0 bridgehead atoms. The van der Waals surface area contributed by atoms with Crippen molar-refractivity contribution in [3.63, 3.8) is 0 Å². The summed E-state index contributed by atoms with van der Waals surface area (Å²) in [6, 6.07) is 22.1. The van der Waals surface area contributed by atoms with Crippen LogP contribution in [0.5, 0.6) is 5.75 Å². The second kappa shape index (κ2) is 20.2. The van der Waals surface area contributed by atoms with Gasteiger partial charge in [0.2, 0.25) is 0 Å². The molecule has 2 atom stereocenters. The number of carbonyl (C=O) groups is 1. The quantitative estimate of drug-likeness (QED) is 0.0289. The number of rotatable bonds is 19. The van der Waals surface area contributed by atoms with Crippen LogP contribution < -0.4 is 27.3 Å². The summed E-state index contributed by atoms with van der Waals surface area (Å²) in [5, 5.41) is 54.4. The molecule has 0 aliphatic carbocycles. The summed E-state index contributed by atoms with van der Waals surface area (Å²) in [4.78, 5) is 26.1. The maximum Gasteiger partial charge on any atom is 0.280 e. The molecule has 1 heterocycles. The van der Waals surface area contributed by atoms with Crippen molar-refractivity contribution >= 4 is 45.9 Å². The topological polar surface area (TPSA) is 259 Å². The van der Waals surface area contributed by atoms with E-state index in [-0.39, 0.29) is 41.6 Å². The highest BCUT2D eigenvalue weighted by atomic mass is 35.5. The van der Waals surface area contributed by atoms with Gasteiger partial charge in [0.15, 0.2) is 40.0 Å². The van der Waals surface area contributed by atoms with Gasteiger partial charge in [-0.15, -0.1) is 0 Å². The van der Waals surface area contributed by atoms with Crippen molar-refractivity contribution in [3.05, 3.63) is 100 Å². The monoisotopic (exact) mass is 750 g/mol. The summed E-state index contributed by atoms with van der Waals surface area (Å²) >= 11 is 5.83. The number of unbranched alkanes of at least 4 members (excludes halogenated alkanes) is 1. The number of halogens is 1. The smallest absolute Gasteiger partial charge is 0.280 e. The van der Waals surface area contributed by atoms with Crippen LogP contribution in [0, 0.1) is 0 Å². The number of anilines is 2. The Morgan fingerprint density at radius 2 is 1.60 bits per heavy atom. The van der Waals surface area contributed by atoms with E-state index in [2.05, 4.69) is 44.5 Å². The normalized spacial score (nSPS) is 13.5. The third kappa shape index (κ3) is 12.2. The van der Waals surface area contributed by atoms with Gasteiger partial charge in [-0.2, -0.15) is 0 Å². The maximum atomic E-state index is 12.4. The summed E-state index contributed by atoms with van der Waals surface area (Å²) in [6.45, 7) is 0.807. The number of ether oxygens (including phenoxy) is 1. The molecular formula is C37H47ClN8O7. The van der Waals surface area contributed by atoms with E-state index in [9.17, 15) is 25.2 Å².